The van der Waals surface area contributed by atoms with Crippen LogP contribution in [0.2, 0.25) is 0 Å². The Labute approximate surface area is 96.6 Å². The van der Waals surface area contributed by atoms with Crippen molar-refractivity contribution in [2.75, 3.05) is 0 Å². The molecule has 0 saturated carbocycles. The van der Waals surface area contributed by atoms with Crippen LogP contribution in [0, 0.1) is 0 Å². The number of aromatic nitrogens is 2. The van der Waals surface area contributed by atoms with Gasteiger partial charge in [-0.2, -0.15) is 4.98 Å². The molecule has 0 aliphatic rings. The molecule has 4 heteroatoms. The highest BCUT2D eigenvalue weighted by Gasteiger charge is 2.12. The van der Waals surface area contributed by atoms with Gasteiger partial charge in [0.25, 0.3) is 5.89 Å². The molecule has 1 aromatic heterocycles. The van der Waals surface area contributed by atoms with Crippen molar-refractivity contribution in [2.45, 2.75) is 19.8 Å². The predicted molar refractivity (Wildman–Crippen MR) is 61.5 cm³/mol. The molecule has 0 amide bonds. The molecule has 1 heterocycles. The molecule has 0 radical (unpaired) electrons. The summed E-state index contributed by atoms with van der Waals surface area (Å²) in [4.78, 5) is 4.33. The van der Waals surface area contributed by atoms with Crippen LogP contribution in [0.3, 0.4) is 0 Å². The van der Waals surface area contributed by atoms with Crippen molar-refractivity contribution >= 4 is 15.9 Å². The van der Waals surface area contributed by atoms with Gasteiger partial charge in [-0.3, -0.25) is 0 Å². The van der Waals surface area contributed by atoms with E-state index >= 15 is 0 Å². The van der Waals surface area contributed by atoms with E-state index < -0.39 is 0 Å². The average Bonchev–Trinajstić information content (AvgIpc) is 2.67. The summed E-state index contributed by atoms with van der Waals surface area (Å²) in [5, 5.41) is 3.93. The lowest BCUT2D eigenvalue weighted by molar-refractivity contribution is 0.419. The number of hydrogen-bond acceptors (Lipinski definition) is 3. The van der Waals surface area contributed by atoms with Gasteiger partial charge in [0.05, 0.1) is 5.56 Å². The van der Waals surface area contributed by atoms with Gasteiger partial charge in [0.1, 0.15) is 0 Å². The zero-order chi connectivity index (χ0) is 10.8. The lowest BCUT2D eigenvalue weighted by Gasteiger charge is -1.96. The molecular formula is C11H11BrN2O. The van der Waals surface area contributed by atoms with Gasteiger partial charge in [-0.05, 0) is 28.1 Å². The zero-order valence-corrected chi connectivity index (χ0v) is 10.2. The molecule has 2 aromatic rings. The summed E-state index contributed by atoms with van der Waals surface area (Å²) < 4.78 is 6.16. The van der Waals surface area contributed by atoms with Crippen molar-refractivity contribution < 1.29 is 4.52 Å². The van der Waals surface area contributed by atoms with Gasteiger partial charge in [0, 0.05) is 10.4 Å². The van der Waals surface area contributed by atoms with E-state index in [0.29, 0.717) is 5.89 Å². The second-order valence-electron chi connectivity index (χ2n) is 3.59. The van der Waals surface area contributed by atoms with Crippen LogP contribution in [0.15, 0.2) is 33.3 Å². The van der Waals surface area contributed by atoms with Gasteiger partial charge in [-0.15, -0.1) is 0 Å². The minimum atomic E-state index is 0.282. The van der Waals surface area contributed by atoms with E-state index in [1.54, 1.807) is 0 Å². The van der Waals surface area contributed by atoms with Crippen LogP contribution in [0.5, 0.6) is 0 Å². The van der Waals surface area contributed by atoms with Crippen LogP contribution in [0.4, 0.5) is 0 Å². The Kier molecular flexibility index (Phi) is 2.86. The Morgan fingerprint density at radius 2 is 2.00 bits per heavy atom. The molecule has 3 nitrogen and oxygen atoms in total. The monoisotopic (exact) mass is 266 g/mol. The molecule has 2 rings (SSSR count). The molecule has 78 valence electrons. The maximum atomic E-state index is 5.20. The van der Waals surface area contributed by atoms with Crippen molar-refractivity contribution in [1.29, 1.82) is 0 Å². The first-order chi connectivity index (χ1) is 7.18. The molecular weight excluding hydrogens is 256 g/mol. The number of benzene rings is 1. The summed E-state index contributed by atoms with van der Waals surface area (Å²) in [6.07, 6.45) is 0. The van der Waals surface area contributed by atoms with E-state index in [9.17, 15) is 0 Å². The normalized spacial score (nSPS) is 10.9. The van der Waals surface area contributed by atoms with Gasteiger partial charge < -0.3 is 4.52 Å². The zero-order valence-electron chi connectivity index (χ0n) is 8.57. The Balaban J connectivity index is 2.42. The lowest BCUT2D eigenvalue weighted by atomic mass is 10.2. The SMILES string of the molecule is CC(C)c1noc(-c2ccccc2Br)n1. The Morgan fingerprint density at radius 3 is 2.60 bits per heavy atom. The summed E-state index contributed by atoms with van der Waals surface area (Å²) in [5.74, 6) is 1.58. The molecule has 0 N–H and O–H groups in total. The summed E-state index contributed by atoms with van der Waals surface area (Å²) in [6, 6.07) is 7.79. The van der Waals surface area contributed by atoms with Gasteiger partial charge >= 0.3 is 0 Å². The van der Waals surface area contributed by atoms with Crippen molar-refractivity contribution in [3.8, 4) is 11.5 Å². The third kappa shape index (κ3) is 2.09. The highest BCUT2D eigenvalue weighted by atomic mass is 79.9. The molecule has 15 heavy (non-hydrogen) atoms. The average molecular weight is 267 g/mol. The minimum Gasteiger partial charge on any atom is -0.334 e. The van der Waals surface area contributed by atoms with Crippen LogP contribution in [0.1, 0.15) is 25.6 Å². The first kappa shape index (κ1) is 10.4. The predicted octanol–water partition coefficient (Wildman–Crippen LogP) is 3.62. The molecule has 0 aliphatic carbocycles. The summed E-state index contributed by atoms with van der Waals surface area (Å²) in [5.41, 5.74) is 0.928. The van der Waals surface area contributed by atoms with Gasteiger partial charge in [-0.25, -0.2) is 0 Å². The molecule has 0 bridgehead atoms. The van der Waals surface area contributed by atoms with Crippen LogP contribution in [0.25, 0.3) is 11.5 Å². The van der Waals surface area contributed by atoms with E-state index in [4.69, 9.17) is 4.52 Å². The van der Waals surface area contributed by atoms with E-state index in [2.05, 4.69) is 26.1 Å². The largest absolute Gasteiger partial charge is 0.334 e. The van der Waals surface area contributed by atoms with E-state index in [-0.39, 0.29) is 5.92 Å². The highest BCUT2D eigenvalue weighted by Crippen LogP contribution is 2.27. The second-order valence-corrected chi connectivity index (χ2v) is 4.45. The Hall–Kier alpha value is -1.16. The molecule has 0 saturated heterocycles. The van der Waals surface area contributed by atoms with Crippen molar-refractivity contribution in [3.63, 3.8) is 0 Å². The quantitative estimate of drug-likeness (QED) is 0.834. The van der Waals surface area contributed by atoms with E-state index in [1.165, 1.54) is 0 Å². The van der Waals surface area contributed by atoms with E-state index in [0.717, 1.165) is 15.9 Å². The van der Waals surface area contributed by atoms with Crippen LogP contribution < -0.4 is 0 Å². The fraction of sp³-hybridized carbons (Fsp3) is 0.273. The summed E-state index contributed by atoms with van der Waals surface area (Å²) >= 11 is 3.45. The maximum absolute atomic E-state index is 5.20. The van der Waals surface area contributed by atoms with Crippen LogP contribution in [-0.4, -0.2) is 10.1 Å². The lowest BCUT2D eigenvalue weighted by Crippen LogP contribution is -1.89. The molecule has 1 aromatic carbocycles. The topological polar surface area (TPSA) is 38.9 Å². The number of rotatable bonds is 2. The van der Waals surface area contributed by atoms with Gasteiger partial charge in [-0.1, -0.05) is 31.1 Å². The molecule has 0 atom stereocenters. The molecule has 0 aliphatic heterocycles. The number of halogens is 1. The van der Waals surface area contributed by atoms with Crippen molar-refractivity contribution in [2.24, 2.45) is 0 Å². The van der Waals surface area contributed by atoms with E-state index in [1.807, 2.05) is 38.1 Å². The minimum absolute atomic E-state index is 0.282. The van der Waals surface area contributed by atoms with Crippen LogP contribution in [-0.2, 0) is 0 Å². The fourth-order valence-corrected chi connectivity index (χ4v) is 1.67. The van der Waals surface area contributed by atoms with Crippen molar-refractivity contribution in [1.82, 2.24) is 10.1 Å². The molecule has 0 unspecified atom stereocenters. The second kappa shape index (κ2) is 4.14. The Bertz CT molecular complexity index is 465. The summed E-state index contributed by atoms with van der Waals surface area (Å²) in [6.45, 7) is 4.07. The van der Waals surface area contributed by atoms with Crippen molar-refractivity contribution in [3.05, 3.63) is 34.6 Å². The highest BCUT2D eigenvalue weighted by molar-refractivity contribution is 9.10. The number of nitrogens with zero attached hydrogens (tertiary/aromatic N) is 2. The third-order valence-electron chi connectivity index (χ3n) is 2.06. The van der Waals surface area contributed by atoms with Gasteiger partial charge in [0.15, 0.2) is 5.82 Å². The van der Waals surface area contributed by atoms with Gasteiger partial charge in [0.2, 0.25) is 0 Å². The Morgan fingerprint density at radius 1 is 1.27 bits per heavy atom. The first-order valence-electron chi connectivity index (χ1n) is 4.77. The molecule has 0 fully saturated rings. The van der Waals surface area contributed by atoms with Crippen LogP contribution >= 0.6 is 15.9 Å². The molecule has 0 spiro atoms. The number of hydrogen-bond donors (Lipinski definition) is 0. The standard InChI is InChI=1S/C11H11BrN2O/c1-7(2)10-13-11(15-14-10)8-5-3-4-6-9(8)12/h3-7H,1-2H3. The maximum Gasteiger partial charge on any atom is 0.259 e. The smallest absolute Gasteiger partial charge is 0.259 e. The fourth-order valence-electron chi connectivity index (χ4n) is 1.21. The first-order valence-corrected chi connectivity index (χ1v) is 5.56. The third-order valence-corrected chi connectivity index (χ3v) is 2.75. The summed E-state index contributed by atoms with van der Waals surface area (Å²) in [7, 11) is 0.